The van der Waals surface area contributed by atoms with Crippen LogP contribution in [0, 0.1) is 12.7 Å². The molecule has 0 radical (unpaired) electrons. The molecule has 0 spiro atoms. The topological polar surface area (TPSA) is 32.9 Å². The van der Waals surface area contributed by atoms with Crippen LogP contribution in [0.3, 0.4) is 0 Å². The Labute approximate surface area is 74.0 Å². The Morgan fingerprint density at radius 1 is 1.38 bits per heavy atom. The van der Waals surface area contributed by atoms with Gasteiger partial charge in [-0.15, -0.1) is 0 Å². The van der Waals surface area contributed by atoms with Gasteiger partial charge in [0.15, 0.2) is 5.43 Å². The lowest BCUT2D eigenvalue weighted by atomic mass is 10.1. The molecule has 1 heterocycles. The van der Waals surface area contributed by atoms with Crippen LogP contribution in [0.15, 0.2) is 29.2 Å². The standard InChI is InChI=1S/C10H8FNO/c1-6-4-7(11)5-8-9(13)2-3-12-10(6)8/h2-5H,1H3,(H,12,13). The highest BCUT2D eigenvalue weighted by Gasteiger charge is 2.02. The second kappa shape index (κ2) is 2.69. The first-order valence-corrected chi connectivity index (χ1v) is 3.96. The average molecular weight is 177 g/mol. The molecule has 66 valence electrons. The lowest BCUT2D eigenvalue weighted by Crippen LogP contribution is -2.01. The van der Waals surface area contributed by atoms with Gasteiger partial charge in [-0.1, -0.05) is 0 Å². The summed E-state index contributed by atoms with van der Waals surface area (Å²) in [6, 6.07) is 4.04. The van der Waals surface area contributed by atoms with Crippen LogP contribution in [0.4, 0.5) is 4.39 Å². The quantitative estimate of drug-likeness (QED) is 0.655. The van der Waals surface area contributed by atoms with Gasteiger partial charge in [0.2, 0.25) is 0 Å². The van der Waals surface area contributed by atoms with E-state index < -0.39 is 0 Å². The molecule has 0 unspecified atom stereocenters. The molecule has 0 atom stereocenters. The molecule has 0 saturated heterocycles. The van der Waals surface area contributed by atoms with Gasteiger partial charge in [0.25, 0.3) is 0 Å². The average Bonchev–Trinajstić information content (AvgIpc) is 2.07. The van der Waals surface area contributed by atoms with Crippen molar-refractivity contribution in [3.63, 3.8) is 0 Å². The highest BCUT2D eigenvalue weighted by atomic mass is 19.1. The molecule has 0 aliphatic heterocycles. The zero-order chi connectivity index (χ0) is 9.42. The van der Waals surface area contributed by atoms with Crippen molar-refractivity contribution < 1.29 is 4.39 Å². The summed E-state index contributed by atoms with van der Waals surface area (Å²) in [6.07, 6.45) is 1.57. The highest BCUT2D eigenvalue weighted by molar-refractivity contribution is 5.81. The van der Waals surface area contributed by atoms with E-state index in [1.54, 1.807) is 13.1 Å². The summed E-state index contributed by atoms with van der Waals surface area (Å²) in [5, 5.41) is 0.403. The van der Waals surface area contributed by atoms with Gasteiger partial charge in [-0.3, -0.25) is 4.79 Å². The van der Waals surface area contributed by atoms with Crippen molar-refractivity contribution in [2.24, 2.45) is 0 Å². The van der Waals surface area contributed by atoms with Crippen LogP contribution in [0.2, 0.25) is 0 Å². The molecule has 0 fully saturated rings. The van der Waals surface area contributed by atoms with Crippen LogP contribution in [-0.2, 0) is 0 Å². The number of hydrogen-bond donors (Lipinski definition) is 1. The molecule has 2 rings (SSSR count). The van der Waals surface area contributed by atoms with E-state index >= 15 is 0 Å². The number of rotatable bonds is 0. The second-order valence-electron chi connectivity index (χ2n) is 2.99. The number of nitrogens with one attached hydrogen (secondary N) is 1. The number of hydrogen-bond acceptors (Lipinski definition) is 1. The molecule has 1 aromatic heterocycles. The van der Waals surface area contributed by atoms with E-state index in [0.29, 0.717) is 10.9 Å². The molecule has 0 saturated carbocycles. The summed E-state index contributed by atoms with van der Waals surface area (Å²) in [4.78, 5) is 14.2. The molecule has 1 aromatic carbocycles. The summed E-state index contributed by atoms with van der Waals surface area (Å²) < 4.78 is 12.9. The third kappa shape index (κ3) is 1.22. The largest absolute Gasteiger partial charge is 0.361 e. The zero-order valence-electron chi connectivity index (χ0n) is 7.10. The number of benzene rings is 1. The maximum atomic E-state index is 12.9. The van der Waals surface area contributed by atoms with Crippen molar-refractivity contribution in [1.82, 2.24) is 4.98 Å². The SMILES string of the molecule is Cc1cc(F)cc2c(=O)cc[nH]c12. The third-order valence-electron chi connectivity index (χ3n) is 2.03. The number of halogens is 1. The first-order chi connectivity index (χ1) is 6.18. The Morgan fingerprint density at radius 2 is 2.15 bits per heavy atom. The molecule has 0 aliphatic rings. The summed E-state index contributed by atoms with van der Waals surface area (Å²) in [7, 11) is 0. The molecule has 2 nitrogen and oxygen atoms in total. The van der Waals surface area contributed by atoms with Crippen LogP contribution in [0.1, 0.15) is 5.56 Å². The summed E-state index contributed by atoms with van der Waals surface area (Å²) in [5.74, 6) is -0.373. The number of aryl methyl sites for hydroxylation is 1. The van der Waals surface area contributed by atoms with Gasteiger partial charge in [-0.05, 0) is 24.6 Å². The maximum absolute atomic E-state index is 12.9. The van der Waals surface area contributed by atoms with Gasteiger partial charge in [0.05, 0.1) is 5.52 Å². The molecule has 0 aliphatic carbocycles. The Morgan fingerprint density at radius 3 is 2.92 bits per heavy atom. The lowest BCUT2D eigenvalue weighted by molar-refractivity contribution is 0.628. The first-order valence-electron chi connectivity index (χ1n) is 3.96. The fourth-order valence-corrected chi connectivity index (χ4v) is 1.42. The lowest BCUT2D eigenvalue weighted by Gasteiger charge is -2.00. The highest BCUT2D eigenvalue weighted by Crippen LogP contribution is 2.13. The van der Waals surface area contributed by atoms with Crippen LogP contribution >= 0.6 is 0 Å². The summed E-state index contributed by atoms with van der Waals surface area (Å²) >= 11 is 0. The number of aromatic nitrogens is 1. The minimum Gasteiger partial charge on any atom is -0.361 e. The molecule has 0 bridgehead atoms. The Kier molecular flexibility index (Phi) is 1.65. The fourth-order valence-electron chi connectivity index (χ4n) is 1.42. The van der Waals surface area contributed by atoms with Crippen molar-refractivity contribution in [2.45, 2.75) is 6.92 Å². The third-order valence-corrected chi connectivity index (χ3v) is 2.03. The van der Waals surface area contributed by atoms with Gasteiger partial charge >= 0.3 is 0 Å². The van der Waals surface area contributed by atoms with Crippen LogP contribution < -0.4 is 5.43 Å². The smallest absolute Gasteiger partial charge is 0.189 e. The normalized spacial score (nSPS) is 10.6. The van der Waals surface area contributed by atoms with Crippen LogP contribution in [-0.4, -0.2) is 4.98 Å². The van der Waals surface area contributed by atoms with E-state index in [2.05, 4.69) is 4.98 Å². The van der Waals surface area contributed by atoms with E-state index in [9.17, 15) is 9.18 Å². The summed E-state index contributed by atoms with van der Waals surface area (Å²) in [5.41, 5.74) is 1.29. The maximum Gasteiger partial charge on any atom is 0.189 e. The minimum atomic E-state index is -0.373. The molecule has 1 N–H and O–H groups in total. The molecule has 3 heteroatoms. The van der Waals surface area contributed by atoms with E-state index in [-0.39, 0.29) is 11.2 Å². The monoisotopic (exact) mass is 177 g/mol. The van der Waals surface area contributed by atoms with Crippen molar-refractivity contribution in [2.75, 3.05) is 0 Å². The molecular weight excluding hydrogens is 169 g/mol. The second-order valence-corrected chi connectivity index (χ2v) is 2.99. The van der Waals surface area contributed by atoms with Crippen molar-refractivity contribution >= 4 is 10.9 Å². The Bertz CT molecular complexity index is 516. The van der Waals surface area contributed by atoms with Gasteiger partial charge < -0.3 is 4.98 Å². The fraction of sp³-hybridized carbons (Fsp3) is 0.100. The number of pyridine rings is 1. The van der Waals surface area contributed by atoms with Gasteiger partial charge in [0.1, 0.15) is 5.82 Å². The van der Waals surface area contributed by atoms with E-state index in [1.165, 1.54) is 18.2 Å². The Hall–Kier alpha value is -1.64. The zero-order valence-corrected chi connectivity index (χ0v) is 7.10. The Balaban J connectivity index is 3.03. The molecule has 0 amide bonds. The van der Waals surface area contributed by atoms with Gasteiger partial charge in [0, 0.05) is 17.6 Å². The first kappa shape index (κ1) is 7.98. The number of fused-ring (bicyclic) bond motifs is 1. The van der Waals surface area contributed by atoms with E-state index in [0.717, 1.165) is 5.56 Å². The van der Waals surface area contributed by atoms with E-state index in [1.807, 2.05) is 0 Å². The molecule has 2 aromatic rings. The minimum absolute atomic E-state index is 0.156. The molecular formula is C10H8FNO. The number of aromatic amines is 1. The predicted molar refractivity (Wildman–Crippen MR) is 49.3 cm³/mol. The van der Waals surface area contributed by atoms with Crippen LogP contribution in [0.25, 0.3) is 10.9 Å². The van der Waals surface area contributed by atoms with Gasteiger partial charge in [-0.25, -0.2) is 4.39 Å². The van der Waals surface area contributed by atoms with Crippen molar-refractivity contribution in [3.05, 3.63) is 46.0 Å². The van der Waals surface area contributed by atoms with Crippen molar-refractivity contribution in [3.8, 4) is 0 Å². The van der Waals surface area contributed by atoms with Crippen molar-refractivity contribution in [1.29, 1.82) is 0 Å². The van der Waals surface area contributed by atoms with E-state index in [4.69, 9.17) is 0 Å². The van der Waals surface area contributed by atoms with Gasteiger partial charge in [-0.2, -0.15) is 0 Å². The predicted octanol–water partition coefficient (Wildman–Crippen LogP) is 1.98. The number of H-pyrrole nitrogens is 1. The van der Waals surface area contributed by atoms with Crippen LogP contribution in [0.5, 0.6) is 0 Å². The molecule has 13 heavy (non-hydrogen) atoms. The summed E-state index contributed by atoms with van der Waals surface area (Å²) in [6.45, 7) is 1.77.